The highest BCUT2D eigenvalue weighted by molar-refractivity contribution is 5.20. The van der Waals surface area contributed by atoms with Gasteiger partial charge in [0.15, 0.2) is 0 Å². The van der Waals surface area contributed by atoms with Crippen molar-refractivity contribution in [3.05, 3.63) is 41.5 Å². The van der Waals surface area contributed by atoms with E-state index in [0.29, 0.717) is 6.61 Å². The van der Waals surface area contributed by atoms with Gasteiger partial charge in [-0.05, 0) is 30.4 Å². The standard InChI is InChI=1S/C17H23N5O/c1-23-12-16-17-15(22(20-19-17)11-13-4-5-13)6-8-21(16)10-14-3-2-7-18-9-14/h2-3,7,9,13,16H,4-6,8,10-12H2,1H3. The molecule has 23 heavy (non-hydrogen) atoms. The van der Waals surface area contributed by atoms with E-state index in [1.54, 1.807) is 7.11 Å². The molecule has 1 saturated carbocycles. The Hall–Kier alpha value is -1.79. The van der Waals surface area contributed by atoms with E-state index in [1.165, 1.54) is 24.1 Å². The van der Waals surface area contributed by atoms with Crippen molar-refractivity contribution >= 4 is 0 Å². The molecule has 3 heterocycles. The Kier molecular flexibility index (Phi) is 4.10. The molecule has 1 fully saturated rings. The smallest absolute Gasteiger partial charge is 0.105 e. The average molecular weight is 313 g/mol. The van der Waals surface area contributed by atoms with Crippen LogP contribution >= 0.6 is 0 Å². The zero-order chi connectivity index (χ0) is 15.6. The number of rotatable bonds is 6. The third-order valence-corrected chi connectivity index (χ3v) is 4.82. The number of hydrogen-bond donors (Lipinski definition) is 0. The van der Waals surface area contributed by atoms with Gasteiger partial charge in [0.05, 0.1) is 18.3 Å². The number of hydrogen-bond acceptors (Lipinski definition) is 5. The Morgan fingerprint density at radius 3 is 3.00 bits per heavy atom. The normalized spacial score (nSPS) is 21.3. The fourth-order valence-electron chi connectivity index (χ4n) is 3.39. The summed E-state index contributed by atoms with van der Waals surface area (Å²) in [6.07, 6.45) is 7.43. The molecule has 2 aliphatic rings. The highest BCUT2D eigenvalue weighted by atomic mass is 16.5. The molecule has 1 atom stereocenters. The van der Waals surface area contributed by atoms with Gasteiger partial charge >= 0.3 is 0 Å². The van der Waals surface area contributed by atoms with Crippen LogP contribution in [0, 0.1) is 5.92 Å². The van der Waals surface area contributed by atoms with E-state index in [4.69, 9.17) is 4.74 Å². The minimum absolute atomic E-state index is 0.178. The zero-order valence-electron chi connectivity index (χ0n) is 13.6. The molecule has 0 aromatic carbocycles. The molecule has 0 saturated heterocycles. The highest BCUT2D eigenvalue weighted by Crippen LogP contribution is 2.34. The highest BCUT2D eigenvalue weighted by Gasteiger charge is 2.33. The summed E-state index contributed by atoms with van der Waals surface area (Å²) in [7, 11) is 1.76. The van der Waals surface area contributed by atoms with E-state index >= 15 is 0 Å². The molecule has 0 N–H and O–H groups in total. The lowest BCUT2D eigenvalue weighted by atomic mass is 10.0. The summed E-state index contributed by atoms with van der Waals surface area (Å²) < 4.78 is 7.61. The molecule has 1 aliphatic carbocycles. The van der Waals surface area contributed by atoms with Gasteiger partial charge in [-0.3, -0.25) is 9.88 Å². The fraction of sp³-hybridized carbons (Fsp3) is 0.588. The molecular weight excluding hydrogens is 290 g/mol. The van der Waals surface area contributed by atoms with Gasteiger partial charge in [-0.2, -0.15) is 0 Å². The summed E-state index contributed by atoms with van der Waals surface area (Å²) >= 11 is 0. The number of pyridine rings is 1. The van der Waals surface area contributed by atoms with E-state index in [0.717, 1.165) is 37.7 Å². The SMILES string of the molecule is COCC1c2nnn(CC3CC3)c2CCN1Cc1cccnc1. The van der Waals surface area contributed by atoms with Crippen molar-refractivity contribution in [3.63, 3.8) is 0 Å². The first-order valence-electron chi connectivity index (χ1n) is 8.39. The van der Waals surface area contributed by atoms with Crippen LogP contribution in [0.25, 0.3) is 0 Å². The molecule has 6 nitrogen and oxygen atoms in total. The van der Waals surface area contributed by atoms with E-state index in [2.05, 4.69) is 30.9 Å². The predicted molar refractivity (Wildman–Crippen MR) is 85.7 cm³/mol. The molecule has 0 radical (unpaired) electrons. The molecular formula is C17H23N5O. The van der Waals surface area contributed by atoms with E-state index in [1.807, 2.05) is 18.5 Å². The van der Waals surface area contributed by atoms with Crippen molar-refractivity contribution in [2.75, 3.05) is 20.3 Å². The summed E-state index contributed by atoms with van der Waals surface area (Å²) in [6.45, 7) is 3.56. The zero-order valence-corrected chi connectivity index (χ0v) is 13.6. The van der Waals surface area contributed by atoms with Crippen molar-refractivity contribution in [1.29, 1.82) is 0 Å². The lowest BCUT2D eigenvalue weighted by molar-refractivity contribution is 0.0748. The number of methoxy groups -OCH3 is 1. The van der Waals surface area contributed by atoms with Gasteiger partial charge in [-0.15, -0.1) is 5.10 Å². The van der Waals surface area contributed by atoms with Crippen LogP contribution in [0.5, 0.6) is 0 Å². The first kappa shape index (κ1) is 14.8. The van der Waals surface area contributed by atoms with Gasteiger partial charge in [0.2, 0.25) is 0 Å². The number of nitrogens with zero attached hydrogens (tertiary/aromatic N) is 5. The maximum Gasteiger partial charge on any atom is 0.105 e. The Morgan fingerprint density at radius 2 is 2.26 bits per heavy atom. The van der Waals surface area contributed by atoms with Gasteiger partial charge in [0, 0.05) is 45.6 Å². The quantitative estimate of drug-likeness (QED) is 0.814. The maximum absolute atomic E-state index is 5.47. The summed E-state index contributed by atoms with van der Waals surface area (Å²) in [5, 5.41) is 8.93. The third kappa shape index (κ3) is 3.14. The Labute approximate surface area is 136 Å². The molecule has 2 aromatic heterocycles. The van der Waals surface area contributed by atoms with Crippen LogP contribution in [0.15, 0.2) is 24.5 Å². The summed E-state index contributed by atoms with van der Waals surface area (Å²) in [5.74, 6) is 0.815. The van der Waals surface area contributed by atoms with Gasteiger partial charge in [0.1, 0.15) is 5.69 Å². The van der Waals surface area contributed by atoms with Gasteiger partial charge in [-0.25, -0.2) is 4.68 Å². The largest absolute Gasteiger partial charge is 0.383 e. The number of ether oxygens (including phenoxy) is 1. The summed E-state index contributed by atoms with van der Waals surface area (Å²) in [5.41, 5.74) is 3.63. The lowest BCUT2D eigenvalue weighted by Crippen LogP contribution is -2.38. The van der Waals surface area contributed by atoms with Crippen molar-refractivity contribution in [2.45, 2.75) is 38.4 Å². The van der Waals surface area contributed by atoms with Crippen molar-refractivity contribution in [3.8, 4) is 0 Å². The topological polar surface area (TPSA) is 56.1 Å². The molecule has 6 heteroatoms. The maximum atomic E-state index is 5.47. The van der Waals surface area contributed by atoms with E-state index in [9.17, 15) is 0 Å². The number of fused-ring (bicyclic) bond motifs is 1. The van der Waals surface area contributed by atoms with E-state index in [-0.39, 0.29) is 6.04 Å². The van der Waals surface area contributed by atoms with Crippen molar-refractivity contribution in [2.24, 2.45) is 5.92 Å². The van der Waals surface area contributed by atoms with E-state index < -0.39 is 0 Å². The summed E-state index contributed by atoms with van der Waals surface area (Å²) in [6, 6.07) is 4.29. The molecule has 1 aliphatic heterocycles. The minimum Gasteiger partial charge on any atom is -0.383 e. The second kappa shape index (κ2) is 6.37. The van der Waals surface area contributed by atoms with Crippen LogP contribution in [0.4, 0.5) is 0 Å². The van der Waals surface area contributed by atoms with Crippen LogP contribution in [0.3, 0.4) is 0 Å². The monoisotopic (exact) mass is 313 g/mol. The molecule has 0 bridgehead atoms. The Bertz CT molecular complexity index is 652. The van der Waals surface area contributed by atoms with Crippen molar-refractivity contribution in [1.82, 2.24) is 24.9 Å². The molecule has 0 amide bonds. The lowest BCUT2D eigenvalue weighted by Gasteiger charge is -2.34. The third-order valence-electron chi connectivity index (χ3n) is 4.82. The molecule has 122 valence electrons. The first-order valence-corrected chi connectivity index (χ1v) is 8.39. The van der Waals surface area contributed by atoms with Crippen LogP contribution in [0.1, 0.15) is 35.8 Å². The van der Waals surface area contributed by atoms with Crippen LogP contribution in [-0.2, 0) is 24.2 Å². The Morgan fingerprint density at radius 1 is 1.35 bits per heavy atom. The first-order chi connectivity index (χ1) is 11.3. The molecule has 0 spiro atoms. The number of aromatic nitrogens is 4. The Balaban J connectivity index is 1.56. The second-order valence-corrected chi connectivity index (χ2v) is 6.60. The predicted octanol–water partition coefficient (Wildman–Crippen LogP) is 1.83. The second-order valence-electron chi connectivity index (χ2n) is 6.60. The van der Waals surface area contributed by atoms with Crippen LogP contribution < -0.4 is 0 Å². The van der Waals surface area contributed by atoms with Crippen molar-refractivity contribution < 1.29 is 4.74 Å². The van der Waals surface area contributed by atoms with Gasteiger partial charge in [0.25, 0.3) is 0 Å². The minimum atomic E-state index is 0.178. The molecule has 4 rings (SSSR count). The summed E-state index contributed by atoms with van der Waals surface area (Å²) in [4.78, 5) is 6.65. The van der Waals surface area contributed by atoms with Gasteiger partial charge in [-0.1, -0.05) is 11.3 Å². The molecule has 2 aromatic rings. The van der Waals surface area contributed by atoms with Crippen LogP contribution in [0.2, 0.25) is 0 Å². The fourth-order valence-corrected chi connectivity index (χ4v) is 3.39. The molecule has 1 unspecified atom stereocenters. The average Bonchev–Trinajstić information content (AvgIpc) is 3.30. The van der Waals surface area contributed by atoms with Crippen LogP contribution in [-0.4, -0.2) is 45.1 Å². The van der Waals surface area contributed by atoms with Gasteiger partial charge < -0.3 is 4.74 Å².